The number of halogens is 1. The summed E-state index contributed by atoms with van der Waals surface area (Å²) < 4.78 is 4.77. The molecule has 3 nitrogen and oxygen atoms in total. The number of methoxy groups -OCH3 is 1. The van der Waals surface area contributed by atoms with E-state index in [1.54, 1.807) is 0 Å². The van der Waals surface area contributed by atoms with Crippen molar-refractivity contribution in [2.75, 3.05) is 7.11 Å². The summed E-state index contributed by atoms with van der Waals surface area (Å²) in [6.07, 6.45) is 1.39. The van der Waals surface area contributed by atoms with Crippen molar-refractivity contribution in [3.05, 3.63) is 15.5 Å². The Kier molecular flexibility index (Phi) is 2.24. The minimum atomic E-state index is -0.399. The van der Waals surface area contributed by atoms with Crippen molar-refractivity contribution in [1.29, 1.82) is 0 Å². The maximum atomic E-state index is 10.7. The van der Waals surface area contributed by atoms with E-state index in [2.05, 4.69) is 9.72 Å². The maximum absolute atomic E-state index is 10.7. The Bertz CT molecular complexity index is 248. The van der Waals surface area contributed by atoms with Crippen molar-refractivity contribution in [2.24, 2.45) is 0 Å². The lowest BCUT2D eigenvalue weighted by molar-refractivity contribution is 0.0606. The van der Waals surface area contributed by atoms with Crippen molar-refractivity contribution in [2.45, 2.75) is 0 Å². The van der Waals surface area contributed by atoms with Crippen LogP contribution < -0.4 is 0 Å². The van der Waals surface area contributed by atoms with Crippen molar-refractivity contribution >= 4 is 28.9 Å². The van der Waals surface area contributed by atoms with Crippen LogP contribution in [0.3, 0.4) is 0 Å². The summed E-state index contributed by atoms with van der Waals surface area (Å²) in [6, 6.07) is 0. The number of hydrogen-bond donors (Lipinski definition) is 0. The first-order valence-electron chi connectivity index (χ1n) is 2.43. The maximum Gasteiger partial charge on any atom is 0.349 e. The molecular formula is C5H4ClNO2S. The van der Waals surface area contributed by atoms with E-state index in [0.29, 0.717) is 9.34 Å². The minimum absolute atomic E-state index is 0.348. The Morgan fingerprint density at radius 1 is 1.90 bits per heavy atom. The van der Waals surface area contributed by atoms with Gasteiger partial charge in [0.15, 0.2) is 4.47 Å². The molecule has 0 aliphatic rings. The van der Waals surface area contributed by atoms with Crippen LogP contribution in [0.15, 0.2) is 6.20 Å². The second-order valence-corrected chi connectivity index (χ2v) is 3.08. The van der Waals surface area contributed by atoms with Crippen LogP contribution in [-0.2, 0) is 4.74 Å². The van der Waals surface area contributed by atoms with Gasteiger partial charge in [0.1, 0.15) is 4.88 Å². The van der Waals surface area contributed by atoms with E-state index in [9.17, 15) is 4.79 Å². The number of carbonyl (C=O) groups is 1. The normalized spacial score (nSPS) is 9.40. The Morgan fingerprint density at radius 3 is 3.00 bits per heavy atom. The van der Waals surface area contributed by atoms with Crippen LogP contribution >= 0.6 is 22.9 Å². The highest BCUT2D eigenvalue weighted by Gasteiger charge is 2.08. The number of nitrogens with zero attached hydrogens (tertiary/aromatic N) is 1. The van der Waals surface area contributed by atoms with Crippen LogP contribution in [0.1, 0.15) is 9.67 Å². The topological polar surface area (TPSA) is 39.2 Å². The van der Waals surface area contributed by atoms with E-state index < -0.39 is 5.97 Å². The SMILES string of the molecule is COC(=O)c1cnc(Cl)s1. The molecule has 0 aromatic carbocycles. The fraction of sp³-hybridized carbons (Fsp3) is 0.200. The smallest absolute Gasteiger partial charge is 0.349 e. The first kappa shape index (κ1) is 7.50. The molecule has 0 amide bonds. The molecule has 54 valence electrons. The van der Waals surface area contributed by atoms with Gasteiger partial charge >= 0.3 is 5.97 Å². The monoisotopic (exact) mass is 177 g/mol. The standard InChI is InChI=1S/C5H4ClNO2S/c1-9-4(8)3-2-7-5(6)10-3/h2H,1H3. The van der Waals surface area contributed by atoms with Crippen LogP contribution in [0.2, 0.25) is 4.47 Å². The van der Waals surface area contributed by atoms with Gasteiger partial charge < -0.3 is 4.74 Å². The zero-order valence-electron chi connectivity index (χ0n) is 5.13. The third-order valence-corrected chi connectivity index (χ3v) is 1.96. The van der Waals surface area contributed by atoms with Gasteiger partial charge in [0.05, 0.1) is 13.3 Å². The zero-order chi connectivity index (χ0) is 7.56. The molecule has 0 unspecified atom stereocenters. The summed E-state index contributed by atoms with van der Waals surface area (Å²) in [5, 5.41) is 0. The fourth-order valence-corrected chi connectivity index (χ4v) is 1.30. The number of carbonyl (C=O) groups excluding carboxylic acids is 1. The van der Waals surface area contributed by atoms with Gasteiger partial charge in [-0.25, -0.2) is 9.78 Å². The molecule has 0 radical (unpaired) electrons. The molecular weight excluding hydrogens is 174 g/mol. The molecule has 0 saturated carbocycles. The zero-order valence-corrected chi connectivity index (χ0v) is 6.70. The number of aromatic nitrogens is 1. The summed E-state index contributed by atoms with van der Waals surface area (Å²) in [4.78, 5) is 14.8. The van der Waals surface area contributed by atoms with Crippen molar-refractivity contribution < 1.29 is 9.53 Å². The molecule has 1 aromatic heterocycles. The molecule has 0 bridgehead atoms. The molecule has 1 heterocycles. The van der Waals surface area contributed by atoms with Crippen LogP contribution in [0.4, 0.5) is 0 Å². The van der Waals surface area contributed by atoms with Gasteiger partial charge in [-0.05, 0) is 0 Å². The van der Waals surface area contributed by atoms with Crippen molar-refractivity contribution in [3.8, 4) is 0 Å². The second-order valence-electron chi connectivity index (χ2n) is 1.47. The fourth-order valence-electron chi connectivity index (χ4n) is 0.448. The molecule has 0 aliphatic heterocycles. The largest absolute Gasteiger partial charge is 0.465 e. The predicted octanol–water partition coefficient (Wildman–Crippen LogP) is 1.58. The molecule has 0 saturated heterocycles. The molecule has 5 heteroatoms. The Hall–Kier alpha value is -0.610. The summed E-state index contributed by atoms with van der Waals surface area (Å²) in [5.74, 6) is -0.399. The predicted molar refractivity (Wildman–Crippen MR) is 38.5 cm³/mol. The number of rotatable bonds is 1. The third-order valence-electron chi connectivity index (χ3n) is 0.864. The highest BCUT2D eigenvalue weighted by Crippen LogP contribution is 2.17. The lowest BCUT2D eigenvalue weighted by atomic mass is 10.6. The minimum Gasteiger partial charge on any atom is -0.465 e. The average molecular weight is 178 g/mol. The van der Waals surface area contributed by atoms with Crippen molar-refractivity contribution in [3.63, 3.8) is 0 Å². The highest BCUT2D eigenvalue weighted by molar-refractivity contribution is 7.17. The number of hydrogen-bond acceptors (Lipinski definition) is 4. The summed E-state index contributed by atoms with van der Waals surface area (Å²) in [6.45, 7) is 0. The average Bonchev–Trinajstić information content (AvgIpc) is 2.34. The summed E-state index contributed by atoms with van der Waals surface area (Å²) in [5.41, 5.74) is 0. The van der Waals surface area contributed by atoms with Gasteiger partial charge in [0, 0.05) is 0 Å². The van der Waals surface area contributed by atoms with Gasteiger partial charge in [-0.3, -0.25) is 0 Å². The molecule has 10 heavy (non-hydrogen) atoms. The molecule has 0 N–H and O–H groups in total. The molecule has 0 aliphatic carbocycles. The van der Waals surface area contributed by atoms with Gasteiger partial charge in [-0.15, -0.1) is 0 Å². The van der Waals surface area contributed by atoms with Gasteiger partial charge in [0.2, 0.25) is 0 Å². The lowest BCUT2D eigenvalue weighted by Gasteiger charge is -1.89. The van der Waals surface area contributed by atoms with E-state index >= 15 is 0 Å². The molecule has 0 atom stereocenters. The quantitative estimate of drug-likeness (QED) is 0.612. The van der Waals surface area contributed by atoms with E-state index in [1.807, 2.05) is 0 Å². The summed E-state index contributed by atoms with van der Waals surface area (Å²) >= 11 is 6.56. The van der Waals surface area contributed by atoms with Gasteiger partial charge in [0.25, 0.3) is 0 Å². The Labute approximate surface area is 66.6 Å². The number of ether oxygens (including phenoxy) is 1. The summed E-state index contributed by atoms with van der Waals surface area (Å²) in [7, 11) is 1.32. The van der Waals surface area contributed by atoms with Crippen LogP contribution in [-0.4, -0.2) is 18.1 Å². The van der Waals surface area contributed by atoms with E-state index in [4.69, 9.17) is 11.6 Å². The molecule has 0 spiro atoms. The first-order valence-corrected chi connectivity index (χ1v) is 3.63. The Balaban J connectivity index is 2.85. The highest BCUT2D eigenvalue weighted by atomic mass is 35.5. The van der Waals surface area contributed by atoms with Gasteiger partial charge in [-0.1, -0.05) is 22.9 Å². The van der Waals surface area contributed by atoms with Crippen LogP contribution in [0.25, 0.3) is 0 Å². The van der Waals surface area contributed by atoms with Crippen LogP contribution in [0, 0.1) is 0 Å². The number of thiazole rings is 1. The lowest BCUT2D eigenvalue weighted by Crippen LogP contribution is -1.96. The molecule has 0 fully saturated rings. The molecule has 1 rings (SSSR count). The van der Waals surface area contributed by atoms with E-state index in [-0.39, 0.29) is 0 Å². The first-order chi connectivity index (χ1) is 4.74. The number of esters is 1. The van der Waals surface area contributed by atoms with E-state index in [1.165, 1.54) is 13.3 Å². The third kappa shape index (κ3) is 1.46. The van der Waals surface area contributed by atoms with Crippen LogP contribution in [0.5, 0.6) is 0 Å². The van der Waals surface area contributed by atoms with Gasteiger partial charge in [-0.2, -0.15) is 0 Å². The van der Waals surface area contributed by atoms with E-state index in [0.717, 1.165) is 11.3 Å². The van der Waals surface area contributed by atoms with Crippen molar-refractivity contribution in [1.82, 2.24) is 4.98 Å². The Morgan fingerprint density at radius 2 is 2.60 bits per heavy atom. The molecule has 1 aromatic rings. The second kappa shape index (κ2) is 2.98.